The van der Waals surface area contributed by atoms with Crippen molar-refractivity contribution in [3.63, 3.8) is 0 Å². The fraction of sp³-hybridized carbons (Fsp3) is 0.923. The summed E-state index contributed by atoms with van der Waals surface area (Å²) >= 11 is 5.99. The van der Waals surface area contributed by atoms with Gasteiger partial charge in [-0.15, -0.1) is 11.6 Å². The average molecular weight is 306 g/mol. The van der Waals surface area contributed by atoms with Crippen LogP contribution in [0.2, 0.25) is 0 Å². The largest absolute Gasteiger partial charge is 0.351 e. The lowest BCUT2D eigenvalue weighted by Gasteiger charge is -2.22. The molecule has 1 saturated heterocycles. The number of halogens is 1. The van der Waals surface area contributed by atoms with E-state index in [1.165, 1.54) is 25.7 Å². The second-order valence-corrected chi connectivity index (χ2v) is 9.12. The lowest BCUT2D eigenvalue weighted by Crippen LogP contribution is -2.41. The topological polar surface area (TPSA) is 63.2 Å². The van der Waals surface area contributed by atoms with Gasteiger partial charge in [-0.1, -0.05) is 6.42 Å². The summed E-state index contributed by atoms with van der Waals surface area (Å²) in [4.78, 5) is 12.0. The van der Waals surface area contributed by atoms with Gasteiger partial charge in [0.05, 0.1) is 22.9 Å². The van der Waals surface area contributed by atoms with Crippen LogP contribution < -0.4 is 5.32 Å². The maximum Gasteiger partial charge on any atom is 0.220 e. The summed E-state index contributed by atoms with van der Waals surface area (Å²) < 4.78 is 22.9. The highest BCUT2D eigenvalue weighted by molar-refractivity contribution is 7.91. The maximum absolute atomic E-state index is 12.0. The third-order valence-electron chi connectivity index (χ3n) is 4.96. The molecule has 1 aliphatic heterocycles. The van der Waals surface area contributed by atoms with Crippen molar-refractivity contribution in [1.82, 2.24) is 5.32 Å². The van der Waals surface area contributed by atoms with E-state index in [9.17, 15) is 13.2 Å². The number of alkyl halides is 1. The first-order chi connectivity index (χ1) is 8.93. The number of amides is 1. The minimum absolute atomic E-state index is 0.0103. The van der Waals surface area contributed by atoms with Crippen LogP contribution in [-0.4, -0.2) is 37.2 Å². The summed E-state index contributed by atoms with van der Waals surface area (Å²) in [5, 5.41) is 2.34. The van der Waals surface area contributed by atoms with Crippen LogP contribution in [0.25, 0.3) is 0 Å². The second-order valence-electron chi connectivity index (χ2n) is 6.41. The Morgan fingerprint density at radius 2 is 2.00 bits per heavy atom. The summed E-state index contributed by atoms with van der Waals surface area (Å²) in [5.74, 6) is 2.00. The minimum atomic E-state index is -3.07. The van der Waals surface area contributed by atoms with E-state index >= 15 is 0 Å². The molecular weight excluding hydrogens is 286 g/mol. The molecule has 1 heterocycles. The van der Waals surface area contributed by atoms with E-state index in [4.69, 9.17) is 11.6 Å². The minimum Gasteiger partial charge on any atom is -0.351 e. The Morgan fingerprint density at radius 3 is 2.53 bits per heavy atom. The van der Waals surface area contributed by atoms with Gasteiger partial charge in [0.1, 0.15) is 0 Å². The molecular formula is C13H20ClNO3S. The number of hydrogen-bond acceptors (Lipinski definition) is 3. The van der Waals surface area contributed by atoms with Crippen LogP contribution in [0, 0.1) is 17.8 Å². The van der Waals surface area contributed by atoms with E-state index in [0.29, 0.717) is 12.3 Å². The van der Waals surface area contributed by atoms with Crippen molar-refractivity contribution < 1.29 is 13.2 Å². The number of fused-ring (bicyclic) bond motifs is 2. The molecule has 6 heteroatoms. The Balaban J connectivity index is 1.52. The molecule has 0 aromatic carbocycles. The number of sulfone groups is 1. The first kappa shape index (κ1) is 13.7. The average Bonchev–Trinajstić information content (AvgIpc) is 2.93. The Kier molecular flexibility index (Phi) is 3.54. The molecule has 2 bridgehead atoms. The van der Waals surface area contributed by atoms with Gasteiger partial charge in [-0.3, -0.25) is 4.79 Å². The van der Waals surface area contributed by atoms with Crippen molar-refractivity contribution in [1.29, 1.82) is 0 Å². The van der Waals surface area contributed by atoms with E-state index in [-0.39, 0.29) is 17.4 Å². The third-order valence-corrected chi connectivity index (χ3v) is 7.34. The molecule has 0 aromatic rings. The van der Waals surface area contributed by atoms with E-state index < -0.39 is 21.3 Å². The maximum atomic E-state index is 12.0. The van der Waals surface area contributed by atoms with Gasteiger partial charge in [0.25, 0.3) is 0 Å². The van der Waals surface area contributed by atoms with Gasteiger partial charge in [-0.2, -0.15) is 0 Å². The monoisotopic (exact) mass is 305 g/mol. The number of carbonyl (C=O) groups is 1. The zero-order valence-corrected chi connectivity index (χ0v) is 12.4. The standard InChI is InChI=1S/C13H20ClNO3S/c14-11-6-19(17,18)7-12(11)15-13(16)5-10-4-8-1-2-9(10)3-8/h8-12H,1-7H2,(H,15,16). The highest BCUT2D eigenvalue weighted by atomic mass is 35.5. The van der Waals surface area contributed by atoms with Gasteiger partial charge in [-0.25, -0.2) is 8.42 Å². The van der Waals surface area contributed by atoms with Crippen LogP contribution in [0.15, 0.2) is 0 Å². The highest BCUT2D eigenvalue weighted by Crippen LogP contribution is 2.49. The van der Waals surface area contributed by atoms with Crippen LogP contribution in [-0.2, 0) is 14.6 Å². The molecule has 0 spiro atoms. The normalized spacial score (nSPS) is 43.5. The zero-order chi connectivity index (χ0) is 13.6. The molecule has 0 aromatic heterocycles. The summed E-state index contributed by atoms with van der Waals surface area (Å²) in [7, 11) is -3.07. The molecule has 1 N–H and O–H groups in total. The van der Waals surface area contributed by atoms with E-state index in [1.807, 2.05) is 0 Å². The smallest absolute Gasteiger partial charge is 0.220 e. The first-order valence-electron chi connectivity index (χ1n) is 7.07. The van der Waals surface area contributed by atoms with Crippen molar-refractivity contribution in [2.75, 3.05) is 11.5 Å². The van der Waals surface area contributed by atoms with E-state index in [0.717, 1.165) is 11.8 Å². The van der Waals surface area contributed by atoms with E-state index in [2.05, 4.69) is 5.32 Å². The van der Waals surface area contributed by atoms with Crippen molar-refractivity contribution in [3.8, 4) is 0 Å². The van der Waals surface area contributed by atoms with Crippen LogP contribution in [0.4, 0.5) is 0 Å². The van der Waals surface area contributed by atoms with Gasteiger partial charge < -0.3 is 5.32 Å². The Hall–Kier alpha value is -0.290. The zero-order valence-electron chi connectivity index (χ0n) is 10.8. The predicted octanol–water partition coefficient (Wildman–Crippen LogP) is 1.33. The molecule has 1 amide bonds. The van der Waals surface area contributed by atoms with Crippen molar-refractivity contribution in [3.05, 3.63) is 0 Å². The Labute approximate surface area is 119 Å². The van der Waals surface area contributed by atoms with Gasteiger partial charge in [0, 0.05) is 6.42 Å². The van der Waals surface area contributed by atoms with Gasteiger partial charge in [0.2, 0.25) is 5.91 Å². The van der Waals surface area contributed by atoms with Crippen molar-refractivity contribution in [2.24, 2.45) is 17.8 Å². The number of carbonyl (C=O) groups excluding carboxylic acids is 1. The second kappa shape index (κ2) is 4.92. The molecule has 0 radical (unpaired) electrons. The molecule has 5 unspecified atom stereocenters. The van der Waals surface area contributed by atoms with Gasteiger partial charge in [-0.05, 0) is 37.0 Å². The molecule has 19 heavy (non-hydrogen) atoms. The quantitative estimate of drug-likeness (QED) is 0.800. The number of hydrogen-bond donors (Lipinski definition) is 1. The molecule has 3 rings (SSSR count). The summed E-state index contributed by atoms with van der Waals surface area (Å²) in [6, 6.07) is -0.405. The van der Waals surface area contributed by atoms with Crippen LogP contribution in [0.5, 0.6) is 0 Å². The summed E-state index contributed by atoms with van der Waals surface area (Å²) in [6.07, 6.45) is 5.59. The SMILES string of the molecule is O=C(CC1CC2CCC1C2)NC1CS(=O)(=O)CC1Cl. The molecule has 4 nitrogen and oxygen atoms in total. The summed E-state index contributed by atoms with van der Waals surface area (Å²) in [6.45, 7) is 0. The van der Waals surface area contributed by atoms with Gasteiger partial charge in [0.15, 0.2) is 9.84 Å². The summed E-state index contributed by atoms with van der Waals surface area (Å²) in [5.41, 5.74) is 0. The number of nitrogens with one attached hydrogen (secondary N) is 1. The third kappa shape index (κ3) is 2.92. The lowest BCUT2D eigenvalue weighted by molar-refractivity contribution is -0.122. The molecule has 5 atom stereocenters. The molecule has 3 aliphatic rings. The fourth-order valence-electron chi connectivity index (χ4n) is 4.07. The van der Waals surface area contributed by atoms with Crippen molar-refractivity contribution in [2.45, 2.75) is 43.5 Å². The Bertz CT molecular complexity index is 478. The lowest BCUT2D eigenvalue weighted by atomic mass is 9.86. The molecule has 108 valence electrons. The first-order valence-corrected chi connectivity index (χ1v) is 9.32. The predicted molar refractivity (Wildman–Crippen MR) is 73.8 cm³/mol. The molecule has 2 saturated carbocycles. The van der Waals surface area contributed by atoms with Crippen molar-refractivity contribution >= 4 is 27.3 Å². The van der Waals surface area contributed by atoms with Crippen LogP contribution in [0.3, 0.4) is 0 Å². The molecule has 2 aliphatic carbocycles. The molecule has 3 fully saturated rings. The van der Waals surface area contributed by atoms with Crippen LogP contribution in [0.1, 0.15) is 32.1 Å². The Morgan fingerprint density at radius 1 is 1.21 bits per heavy atom. The number of rotatable bonds is 3. The van der Waals surface area contributed by atoms with E-state index in [1.54, 1.807) is 0 Å². The van der Waals surface area contributed by atoms with Crippen LogP contribution >= 0.6 is 11.6 Å². The fourth-order valence-corrected chi connectivity index (χ4v) is 6.62. The van der Waals surface area contributed by atoms with Gasteiger partial charge >= 0.3 is 0 Å². The highest BCUT2D eigenvalue weighted by Gasteiger charge is 2.41.